The van der Waals surface area contributed by atoms with Gasteiger partial charge in [-0.2, -0.15) is 5.10 Å². The Morgan fingerprint density at radius 2 is 2.19 bits per heavy atom. The zero-order chi connectivity index (χ0) is 14.4. The van der Waals surface area contributed by atoms with Crippen molar-refractivity contribution in [2.75, 3.05) is 0 Å². The van der Waals surface area contributed by atoms with E-state index in [0.717, 1.165) is 24.1 Å². The van der Waals surface area contributed by atoms with E-state index in [1.165, 1.54) is 6.07 Å². The molecule has 0 spiro atoms. The Kier molecular flexibility index (Phi) is 2.53. The Labute approximate surface area is 120 Å². The molecule has 1 N–H and O–H groups in total. The first kappa shape index (κ1) is 12.1. The van der Waals surface area contributed by atoms with Crippen LogP contribution in [0.3, 0.4) is 0 Å². The first-order valence-corrected chi connectivity index (χ1v) is 6.83. The van der Waals surface area contributed by atoms with Gasteiger partial charge in [0.05, 0.1) is 24.4 Å². The van der Waals surface area contributed by atoms with Crippen LogP contribution in [0.1, 0.15) is 18.9 Å². The summed E-state index contributed by atoms with van der Waals surface area (Å²) in [5.41, 5.74) is 2.11. The van der Waals surface area contributed by atoms with E-state index in [0.29, 0.717) is 17.6 Å². The van der Waals surface area contributed by atoms with Gasteiger partial charge in [0.1, 0.15) is 5.69 Å². The van der Waals surface area contributed by atoms with Crippen LogP contribution in [-0.2, 0) is 7.05 Å². The van der Waals surface area contributed by atoms with Crippen molar-refractivity contribution in [2.24, 2.45) is 7.05 Å². The van der Waals surface area contributed by atoms with Crippen LogP contribution in [-0.4, -0.2) is 29.3 Å². The highest BCUT2D eigenvalue weighted by atomic mass is 16.1. The third-order valence-corrected chi connectivity index (χ3v) is 3.59. The van der Waals surface area contributed by atoms with Gasteiger partial charge < -0.3 is 9.55 Å². The van der Waals surface area contributed by atoms with E-state index in [1.807, 2.05) is 13.2 Å². The predicted octanol–water partition coefficient (Wildman–Crippen LogP) is 1.37. The minimum atomic E-state index is -0.178. The van der Waals surface area contributed by atoms with Crippen LogP contribution in [0.25, 0.3) is 22.8 Å². The highest BCUT2D eigenvalue weighted by Crippen LogP contribution is 2.37. The second-order valence-electron chi connectivity index (χ2n) is 5.30. The number of rotatable bonds is 3. The highest BCUT2D eigenvalue weighted by molar-refractivity contribution is 5.60. The zero-order valence-corrected chi connectivity index (χ0v) is 11.5. The van der Waals surface area contributed by atoms with Crippen molar-refractivity contribution < 1.29 is 0 Å². The van der Waals surface area contributed by atoms with E-state index in [-0.39, 0.29) is 5.56 Å². The molecule has 0 bridgehead atoms. The van der Waals surface area contributed by atoms with Crippen molar-refractivity contribution in [3.63, 3.8) is 0 Å². The van der Waals surface area contributed by atoms with Crippen molar-refractivity contribution in [3.05, 3.63) is 41.3 Å². The van der Waals surface area contributed by atoms with Gasteiger partial charge >= 0.3 is 0 Å². The quantitative estimate of drug-likeness (QED) is 0.786. The van der Waals surface area contributed by atoms with Crippen LogP contribution < -0.4 is 5.56 Å². The lowest BCUT2D eigenvalue weighted by Crippen LogP contribution is -2.10. The van der Waals surface area contributed by atoms with Crippen molar-refractivity contribution in [1.82, 2.24) is 29.3 Å². The minimum absolute atomic E-state index is 0.178. The Morgan fingerprint density at radius 1 is 1.33 bits per heavy atom. The zero-order valence-electron chi connectivity index (χ0n) is 11.5. The first-order valence-electron chi connectivity index (χ1n) is 6.83. The molecule has 0 radical (unpaired) electrons. The molecule has 0 aliphatic heterocycles. The van der Waals surface area contributed by atoms with Crippen molar-refractivity contribution in [1.29, 1.82) is 0 Å². The molecule has 0 amide bonds. The molecule has 1 saturated carbocycles. The lowest BCUT2D eigenvalue weighted by atomic mass is 10.2. The van der Waals surface area contributed by atoms with Crippen LogP contribution >= 0.6 is 0 Å². The molecule has 3 aromatic rings. The molecule has 1 aliphatic carbocycles. The second kappa shape index (κ2) is 4.41. The van der Waals surface area contributed by atoms with Gasteiger partial charge in [-0.3, -0.25) is 9.48 Å². The summed E-state index contributed by atoms with van der Waals surface area (Å²) in [6.45, 7) is 0. The standard InChI is InChI=1S/C14H14N6O/c1-19-7-9(5-16-19)11-4-13(21)18-14(17-11)12-6-15-8-20(12)10-2-3-10/h4-8,10H,2-3H2,1H3,(H,17,18,21). The molecule has 0 saturated heterocycles. The topological polar surface area (TPSA) is 81.4 Å². The summed E-state index contributed by atoms with van der Waals surface area (Å²) in [6, 6.07) is 1.97. The van der Waals surface area contributed by atoms with Gasteiger partial charge in [-0.05, 0) is 12.8 Å². The van der Waals surface area contributed by atoms with Crippen molar-refractivity contribution >= 4 is 0 Å². The number of hydrogen-bond donors (Lipinski definition) is 1. The summed E-state index contributed by atoms with van der Waals surface area (Å²) < 4.78 is 3.76. The molecule has 1 fully saturated rings. The summed E-state index contributed by atoms with van der Waals surface area (Å²) in [5, 5.41) is 4.12. The Hall–Kier alpha value is -2.70. The number of aryl methyl sites for hydroxylation is 1. The van der Waals surface area contributed by atoms with Crippen LogP contribution in [0.15, 0.2) is 35.8 Å². The molecular formula is C14H14N6O. The van der Waals surface area contributed by atoms with Crippen LogP contribution in [0.4, 0.5) is 0 Å². The van der Waals surface area contributed by atoms with Gasteiger partial charge in [-0.15, -0.1) is 0 Å². The number of nitrogens with one attached hydrogen (secondary N) is 1. The number of aromatic nitrogens is 6. The van der Waals surface area contributed by atoms with E-state index >= 15 is 0 Å². The Bertz CT molecular complexity index is 854. The summed E-state index contributed by atoms with van der Waals surface area (Å²) in [5.74, 6) is 0.547. The van der Waals surface area contributed by atoms with E-state index in [2.05, 4.69) is 24.6 Å². The van der Waals surface area contributed by atoms with E-state index in [9.17, 15) is 4.79 Å². The molecule has 21 heavy (non-hydrogen) atoms. The smallest absolute Gasteiger partial charge is 0.251 e. The third kappa shape index (κ3) is 2.16. The van der Waals surface area contributed by atoms with Gasteiger partial charge in [0, 0.05) is 30.9 Å². The lowest BCUT2D eigenvalue weighted by Gasteiger charge is -2.06. The number of hydrogen-bond acceptors (Lipinski definition) is 4. The van der Waals surface area contributed by atoms with Gasteiger partial charge in [0.15, 0.2) is 5.82 Å². The molecule has 106 valence electrons. The molecule has 7 heteroatoms. The van der Waals surface area contributed by atoms with E-state index in [1.54, 1.807) is 23.4 Å². The molecule has 0 unspecified atom stereocenters. The summed E-state index contributed by atoms with van der Waals surface area (Å²) in [6.07, 6.45) is 9.37. The minimum Gasteiger partial charge on any atom is -0.325 e. The maximum absolute atomic E-state index is 11.9. The van der Waals surface area contributed by atoms with Crippen molar-refractivity contribution in [2.45, 2.75) is 18.9 Å². The highest BCUT2D eigenvalue weighted by Gasteiger charge is 2.26. The fourth-order valence-electron chi connectivity index (χ4n) is 2.41. The predicted molar refractivity (Wildman–Crippen MR) is 76.6 cm³/mol. The number of aromatic amines is 1. The molecular weight excluding hydrogens is 268 g/mol. The average molecular weight is 282 g/mol. The number of imidazole rings is 1. The Morgan fingerprint density at radius 3 is 2.90 bits per heavy atom. The number of H-pyrrole nitrogens is 1. The van der Waals surface area contributed by atoms with Crippen LogP contribution in [0.5, 0.6) is 0 Å². The van der Waals surface area contributed by atoms with E-state index < -0.39 is 0 Å². The van der Waals surface area contributed by atoms with Gasteiger partial charge in [-0.25, -0.2) is 9.97 Å². The molecule has 3 heterocycles. The maximum atomic E-state index is 11.9. The van der Waals surface area contributed by atoms with Crippen LogP contribution in [0.2, 0.25) is 0 Å². The van der Waals surface area contributed by atoms with Crippen molar-refractivity contribution in [3.8, 4) is 22.8 Å². The fourth-order valence-corrected chi connectivity index (χ4v) is 2.41. The normalized spacial score (nSPS) is 14.5. The van der Waals surface area contributed by atoms with Crippen LogP contribution in [0, 0.1) is 0 Å². The SMILES string of the molecule is Cn1cc(-c2cc(=O)[nH]c(-c3cncn3C3CC3)n2)cn1. The molecule has 0 atom stereocenters. The largest absolute Gasteiger partial charge is 0.325 e. The van der Waals surface area contributed by atoms with Gasteiger partial charge in [0.2, 0.25) is 0 Å². The number of nitrogens with zero attached hydrogens (tertiary/aromatic N) is 5. The van der Waals surface area contributed by atoms with Gasteiger partial charge in [0.25, 0.3) is 5.56 Å². The first-order chi connectivity index (χ1) is 10.2. The summed E-state index contributed by atoms with van der Waals surface area (Å²) in [4.78, 5) is 23.5. The third-order valence-electron chi connectivity index (χ3n) is 3.59. The van der Waals surface area contributed by atoms with E-state index in [4.69, 9.17) is 0 Å². The van der Waals surface area contributed by atoms with Gasteiger partial charge in [-0.1, -0.05) is 0 Å². The summed E-state index contributed by atoms with van der Waals surface area (Å²) >= 11 is 0. The molecule has 7 nitrogen and oxygen atoms in total. The molecule has 1 aliphatic rings. The maximum Gasteiger partial charge on any atom is 0.251 e. The Balaban J connectivity index is 1.84. The molecule has 4 rings (SSSR count). The second-order valence-corrected chi connectivity index (χ2v) is 5.30. The fraction of sp³-hybridized carbons (Fsp3) is 0.286. The summed E-state index contributed by atoms with van der Waals surface area (Å²) in [7, 11) is 1.83. The average Bonchev–Trinajstić information content (AvgIpc) is 3.02. The molecule has 3 aromatic heterocycles. The monoisotopic (exact) mass is 282 g/mol. The lowest BCUT2D eigenvalue weighted by molar-refractivity contribution is 0.743. The molecule has 0 aromatic carbocycles.